The summed E-state index contributed by atoms with van der Waals surface area (Å²) >= 11 is 0. The van der Waals surface area contributed by atoms with Gasteiger partial charge >= 0.3 is 0 Å². The molecule has 1 unspecified atom stereocenters. The molecule has 1 aliphatic heterocycles. The molecule has 0 aliphatic carbocycles. The molecule has 0 spiro atoms. The Morgan fingerprint density at radius 3 is 2.39 bits per heavy atom. The van der Waals surface area contributed by atoms with Crippen molar-refractivity contribution in [3.8, 4) is 5.75 Å². The molecule has 1 aliphatic rings. The van der Waals surface area contributed by atoms with Crippen LogP contribution in [-0.2, 0) is 22.0 Å². The van der Waals surface area contributed by atoms with Gasteiger partial charge in [0.1, 0.15) is 11.6 Å². The Labute approximate surface area is 223 Å². The molecule has 2 heterocycles. The lowest BCUT2D eigenvalue weighted by molar-refractivity contribution is 0.0918. The molecule has 3 aromatic rings. The number of nitrogens with one attached hydrogen (secondary N) is 3. The Morgan fingerprint density at radius 2 is 1.74 bits per heavy atom. The molecule has 1 fully saturated rings. The number of hydrogen-bond donors (Lipinski definition) is 3. The van der Waals surface area contributed by atoms with Crippen molar-refractivity contribution in [2.75, 3.05) is 26.5 Å². The van der Waals surface area contributed by atoms with Crippen LogP contribution in [0.5, 0.6) is 5.75 Å². The number of methoxy groups -OCH3 is 1. The molecule has 0 saturated carbocycles. The molecule has 38 heavy (non-hydrogen) atoms. The zero-order valence-electron chi connectivity index (χ0n) is 21.6. The minimum atomic E-state index is -3.73. The summed E-state index contributed by atoms with van der Waals surface area (Å²) in [7, 11) is -2.22. The number of carbonyl (C=O) groups is 1. The van der Waals surface area contributed by atoms with E-state index in [1.165, 1.54) is 7.11 Å². The highest BCUT2D eigenvalue weighted by Crippen LogP contribution is 2.38. The van der Waals surface area contributed by atoms with Crippen LogP contribution in [0.4, 0.5) is 0 Å². The van der Waals surface area contributed by atoms with Gasteiger partial charge in [-0.25, -0.2) is 8.42 Å². The molecule has 1 atom stereocenters. The number of aromatic nitrogens is 1. The number of amides is 1. The first kappa shape index (κ1) is 27.3. The second kappa shape index (κ2) is 12.2. The van der Waals surface area contributed by atoms with E-state index < -0.39 is 21.5 Å². The fraction of sp³-hybridized carbons (Fsp3) is 0.321. The molecular weight excluding hydrogens is 502 g/mol. The minimum absolute atomic E-state index is 0.142. The zero-order chi connectivity index (χ0) is 27.0. The number of carbonyl (C=O) groups excluding carboxylic acids is 1. The van der Waals surface area contributed by atoms with Gasteiger partial charge in [0.2, 0.25) is 10.0 Å². The maximum absolute atomic E-state index is 13.7. The fourth-order valence-electron chi connectivity index (χ4n) is 4.93. The second-order valence-electron chi connectivity index (χ2n) is 9.28. The summed E-state index contributed by atoms with van der Waals surface area (Å²) in [5.41, 5.74) is 1.38. The van der Waals surface area contributed by atoms with Gasteiger partial charge in [-0.05, 0) is 55.8 Å². The van der Waals surface area contributed by atoms with E-state index in [1.807, 2.05) is 42.5 Å². The van der Waals surface area contributed by atoms with E-state index in [2.05, 4.69) is 20.3 Å². The standard InChI is InChI=1S/C28H33N5O4S/c1-37-24-14-7-6-13-23(24)27(34)32-25(28(15-18-29-19-16-28)21-10-4-3-5-11-21)26(33-38(2,35)36)31-20-22-12-8-9-17-30-22/h3-14,17,25,29H,15-16,18-20H2,1-2H3,(H,31,33)(H,32,34). The molecule has 10 heteroatoms. The van der Waals surface area contributed by atoms with E-state index in [4.69, 9.17) is 9.73 Å². The van der Waals surface area contributed by atoms with Crippen LogP contribution in [0.2, 0.25) is 0 Å². The van der Waals surface area contributed by atoms with Crippen LogP contribution in [-0.4, -0.2) is 57.6 Å². The van der Waals surface area contributed by atoms with Gasteiger partial charge in [-0.2, -0.15) is 0 Å². The quantitative estimate of drug-likeness (QED) is 0.286. The first-order valence-electron chi connectivity index (χ1n) is 12.4. The van der Waals surface area contributed by atoms with Crippen molar-refractivity contribution in [2.24, 2.45) is 4.99 Å². The molecule has 0 radical (unpaired) electrons. The Bertz CT molecular complexity index is 1360. The van der Waals surface area contributed by atoms with Gasteiger partial charge in [0, 0.05) is 11.6 Å². The van der Waals surface area contributed by atoms with Crippen LogP contribution >= 0.6 is 0 Å². The van der Waals surface area contributed by atoms with Crippen LogP contribution in [0, 0.1) is 0 Å². The lowest BCUT2D eigenvalue weighted by atomic mass is 9.67. The number of sulfonamides is 1. The lowest BCUT2D eigenvalue weighted by Crippen LogP contribution is -2.61. The monoisotopic (exact) mass is 535 g/mol. The molecule has 2 aromatic carbocycles. The Balaban J connectivity index is 1.86. The van der Waals surface area contributed by atoms with E-state index in [9.17, 15) is 13.2 Å². The maximum atomic E-state index is 13.7. The van der Waals surface area contributed by atoms with Crippen LogP contribution in [0.1, 0.15) is 34.5 Å². The largest absolute Gasteiger partial charge is 0.496 e. The summed E-state index contributed by atoms with van der Waals surface area (Å²) in [6, 6.07) is 21.5. The Hall–Kier alpha value is -3.76. The van der Waals surface area contributed by atoms with E-state index in [1.54, 1.807) is 36.5 Å². The predicted octanol–water partition coefficient (Wildman–Crippen LogP) is 2.66. The van der Waals surface area contributed by atoms with Crippen molar-refractivity contribution in [2.45, 2.75) is 30.8 Å². The number of nitrogens with zero attached hydrogens (tertiary/aromatic N) is 2. The highest BCUT2D eigenvalue weighted by molar-refractivity contribution is 7.89. The number of piperidine rings is 1. The molecule has 0 bridgehead atoms. The van der Waals surface area contributed by atoms with E-state index >= 15 is 0 Å². The third-order valence-electron chi connectivity index (χ3n) is 6.73. The van der Waals surface area contributed by atoms with Gasteiger partial charge in [-0.15, -0.1) is 0 Å². The first-order valence-corrected chi connectivity index (χ1v) is 14.3. The van der Waals surface area contributed by atoms with Crippen molar-refractivity contribution in [1.29, 1.82) is 0 Å². The zero-order valence-corrected chi connectivity index (χ0v) is 22.4. The number of rotatable bonds is 9. The smallest absolute Gasteiger partial charge is 0.255 e. The highest BCUT2D eigenvalue weighted by atomic mass is 32.2. The number of amidine groups is 1. The third kappa shape index (κ3) is 6.56. The molecule has 1 saturated heterocycles. The molecule has 9 nitrogen and oxygen atoms in total. The maximum Gasteiger partial charge on any atom is 0.255 e. The predicted molar refractivity (Wildman–Crippen MR) is 148 cm³/mol. The van der Waals surface area contributed by atoms with Gasteiger partial charge in [-0.1, -0.05) is 48.5 Å². The van der Waals surface area contributed by atoms with E-state index in [0.717, 1.165) is 11.8 Å². The summed E-state index contributed by atoms with van der Waals surface area (Å²) in [5, 5.41) is 6.54. The number of hydrogen-bond acceptors (Lipinski definition) is 7. The number of pyridine rings is 1. The Morgan fingerprint density at radius 1 is 1.05 bits per heavy atom. The third-order valence-corrected chi connectivity index (χ3v) is 7.30. The number of ether oxygens (including phenoxy) is 1. The van der Waals surface area contributed by atoms with Gasteiger partial charge in [0.25, 0.3) is 5.91 Å². The summed E-state index contributed by atoms with van der Waals surface area (Å²) in [4.78, 5) is 22.8. The summed E-state index contributed by atoms with van der Waals surface area (Å²) in [6.07, 6.45) is 4.05. The fourth-order valence-corrected chi connectivity index (χ4v) is 5.49. The molecule has 4 rings (SSSR count). The van der Waals surface area contributed by atoms with Crippen molar-refractivity contribution in [3.05, 3.63) is 95.8 Å². The lowest BCUT2D eigenvalue weighted by Gasteiger charge is -2.45. The summed E-state index contributed by atoms with van der Waals surface area (Å²) in [5.74, 6) is 0.195. The number of para-hydroxylation sites is 1. The van der Waals surface area contributed by atoms with Crippen molar-refractivity contribution >= 4 is 21.8 Å². The summed E-state index contributed by atoms with van der Waals surface area (Å²) < 4.78 is 33.2. The van der Waals surface area contributed by atoms with Crippen molar-refractivity contribution < 1.29 is 17.9 Å². The van der Waals surface area contributed by atoms with Gasteiger partial charge in [-0.3, -0.25) is 19.5 Å². The second-order valence-corrected chi connectivity index (χ2v) is 11.0. The van der Waals surface area contributed by atoms with E-state index in [-0.39, 0.29) is 18.3 Å². The average molecular weight is 536 g/mol. The molecule has 200 valence electrons. The normalized spacial score (nSPS) is 16.3. The van der Waals surface area contributed by atoms with Crippen LogP contribution < -0.4 is 20.1 Å². The highest BCUT2D eigenvalue weighted by Gasteiger charge is 2.45. The van der Waals surface area contributed by atoms with Crippen molar-refractivity contribution in [3.63, 3.8) is 0 Å². The molecule has 3 N–H and O–H groups in total. The first-order chi connectivity index (χ1) is 18.3. The van der Waals surface area contributed by atoms with Crippen LogP contribution in [0.25, 0.3) is 0 Å². The average Bonchev–Trinajstić information content (AvgIpc) is 2.94. The number of aliphatic imine (C=N–C) groups is 1. The molecule has 1 aromatic heterocycles. The minimum Gasteiger partial charge on any atom is -0.496 e. The topological polar surface area (TPSA) is 122 Å². The van der Waals surface area contributed by atoms with Crippen LogP contribution in [0.15, 0.2) is 84.0 Å². The SMILES string of the molecule is COc1ccccc1C(=O)NC(C(=NCc1ccccn1)NS(C)(=O)=O)C1(c2ccccc2)CCNCC1. The summed E-state index contributed by atoms with van der Waals surface area (Å²) in [6.45, 7) is 1.54. The van der Waals surface area contributed by atoms with Gasteiger partial charge in [0.15, 0.2) is 0 Å². The Kier molecular flexibility index (Phi) is 8.75. The van der Waals surface area contributed by atoms with Crippen LogP contribution in [0.3, 0.4) is 0 Å². The van der Waals surface area contributed by atoms with E-state index in [0.29, 0.717) is 42.9 Å². The number of benzene rings is 2. The molecular formula is C28H33N5O4S. The molecule has 1 amide bonds. The van der Waals surface area contributed by atoms with Gasteiger partial charge in [0.05, 0.1) is 37.2 Å². The van der Waals surface area contributed by atoms with Crippen molar-refractivity contribution in [1.82, 2.24) is 20.3 Å². The van der Waals surface area contributed by atoms with Gasteiger partial charge < -0.3 is 15.4 Å².